The summed E-state index contributed by atoms with van der Waals surface area (Å²) < 4.78 is 2.49. The molecule has 1 aliphatic carbocycles. The van der Waals surface area contributed by atoms with Gasteiger partial charge >= 0.3 is 0 Å². The van der Waals surface area contributed by atoms with Crippen LogP contribution in [0.5, 0.6) is 0 Å². The lowest BCUT2D eigenvalue weighted by molar-refractivity contribution is 0.661. The Hall–Kier alpha value is -4.62. The summed E-state index contributed by atoms with van der Waals surface area (Å²) in [7, 11) is 0. The summed E-state index contributed by atoms with van der Waals surface area (Å²) >= 11 is 0. The van der Waals surface area contributed by atoms with Crippen LogP contribution in [0.1, 0.15) is 25.0 Å². The lowest BCUT2D eigenvalue weighted by Crippen LogP contribution is -2.14. The fourth-order valence-electron chi connectivity index (χ4n) is 6.77. The van der Waals surface area contributed by atoms with Crippen molar-refractivity contribution in [1.82, 2.24) is 4.57 Å². The van der Waals surface area contributed by atoms with Gasteiger partial charge in [-0.2, -0.15) is 0 Å². The van der Waals surface area contributed by atoms with E-state index in [0.717, 1.165) is 0 Å². The lowest BCUT2D eigenvalue weighted by Gasteiger charge is -2.21. The third-order valence-corrected chi connectivity index (χ3v) is 8.59. The maximum atomic E-state index is 2.49. The molecule has 8 rings (SSSR count). The first-order chi connectivity index (χ1) is 18.6. The molecule has 0 spiro atoms. The number of benzene rings is 6. The predicted octanol–water partition coefficient (Wildman–Crippen LogP) is 9.91. The zero-order valence-corrected chi connectivity index (χ0v) is 21.6. The quantitative estimate of drug-likeness (QED) is 0.230. The van der Waals surface area contributed by atoms with Crippen LogP contribution < -0.4 is 0 Å². The minimum Gasteiger partial charge on any atom is -0.309 e. The second-order valence-corrected chi connectivity index (χ2v) is 11.0. The molecular weight excluding hydrogens is 458 g/mol. The van der Waals surface area contributed by atoms with E-state index < -0.39 is 0 Å². The van der Waals surface area contributed by atoms with E-state index >= 15 is 0 Å². The highest BCUT2D eigenvalue weighted by atomic mass is 15.0. The fraction of sp³-hybridized carbons (Fsp3) is 0.0811. The summed E-state index contributed by atoms with van der Waals surface area (Å²) in [5.41, 5.74) is 11.7. The Morgan fingerprint density at radius 2 is 1.29 bits per heavy atom. The largest absolute Gasteiger partial charge is 0.309 e. The third-order valence-electron chi connectivity index (χ3n) is 8.59. The number of aromatic nitrogens is 1. The zero-order chi connectivity index (χ0) is 25.4. The summed E-state index contributed by atoms with van der Waals surface area (Å²) in [6, 6.07) is 46.8. The summed E-state index contributed by atoms with van der Waals surface area (Å²) in [5, 5.41) is 5.17. The molecular formula is C37H27N. The molecule has 6 aromatic carbocycles. The van der Waals surface area contributed by atoms with Crippen LogP contribution in [0.15, 0.2) is 127 Å². The summed E-state index contributed by atoms with van der Waals surface area (Å²) in [6.07, 6.45) is 0. The van der Waals surface area contributed by atoms with E-state index in [1.54, 1.807) is 0 Å². The van der Waals surface area contributed by atoms with E-state index in [9.17, 15) is 0 Å². The van der Waals surface area contributed by atoms with Crippen molar-refractivity contribution in [3.8, 4) is 27.9 Å². The minimum absolute atomic E-state index is 0.0298. The fourth-order valence-corrected chi connectivity index (χ4v) is 6.77. The minimum atomic E-state index is -0.0298. The summed E-state index contributed by atoms with van der Waals surface area (Å²) in [6.45, 7) is 4.72. The van der Waals surface area contributed by atoms with Gasteiger partial charge in [0.15, 0.2) is 0 Å². The average Bonchev–Trinajstić information content (AvgIpc) is 3.42. The molecule has 0 N–H and O–H groups in total. The Bertz CT molecular complexity index is 2030. The maximum Gasteiger partial charge on any atom is 0.0547 e. The van der Waals surface area contributed by atoms with Gasteiger partial charge in [-0.05, 0) is 57.0 Å². The Labute approximate surface area is 222 Å². The number of fused-ring (bicyclic) bond motifs is 8. The van der Waals surface area contributed by atoms with E-state index in [-0.39, 0.29) is 5.41 Å². The molecule has 0 atom stereocenters. The molecule has 180 valence electrons. The van der Waals surface area contributed by atoms with Gasteiger partial charge < -0.3 is 4.57 Å². The van der Waals surface area contributed by atoms with Gasteiger partial charge in [-0.15, -0.1) is 0 Å². The van der Waals surface area contributed by atoms with Crippen molar-refractivity contribution in [2.75, 3.05) is 0 Å². The van der Waals surface area contributed by atoms with Crippen LogP contribution in [-0.4, -0.2) is 4.57 Å². The topological polar surface area (TPSA) is 4.93 Å². The van der Waals surface area contributed by atoms with Gasteiger partial charge in [-0.3, -0.25) is 0 Å². The molecule has 0 aliphatic heterocycles. The molecule has 0 unspecified atom stereocenters. The van der Waals surface area contributed by atoms with Crippen molar-refractivity contribution in [1.29, 1.82) is 0 Å². The predicted molar refractivity (Wildman–Crippen MR) is 161 cm³/mol. The monoisotopic (exact) mass is 485 g/mol. The standard InChI is InChI=1S/C37H27N/c1-37(2)30-17-9-8-16-28(30)35-31(37)21-22-33-36(35)29-20-19-26(24-11-4-3-5-12-24)23-34(29)38(33)32-18-10-14-25-13-6-7-15-27(25)32/h3-23H,1-2H3. The second kappa shape index (κ2) is 7.69. The first-order valence-corrected chi connectivity index (χ1v) is 13.4. The summed E-state index contributed by atoms with van der Waals surface area (Å²) in [4.78, 5) is 0. The molecule has 1 nitrogen and oxygen atoms in total. The van der Waals surface area contributed by atoms with Gasteiger partial charge in [0.25, 0.3) is 0 Å². The van der Waals surface area contributed by atoms with Gasteiger partial charge in [-0.1, -0.05) is 123 Å². The first-order valence-electron chi connectivity index (χ1n) is 13.4. The van der Waals surface area contributed by atoms with Crippen LogP contribution >= 0.6 is 0 Å². The Balaban J connectivity index is 1.56. The van der Waals surface area contributed by atoms with E-state index in [0.29, 0.717) is 0 Å². The van der Waals surface area contributed by atoms with E-state index in [1.807, 2.05) is 0 Å². The zero-order valence-electron chi connectivity index (χ0n) is 21.6. The maximum absolute atomic E-state index is 2.49. The Morgan fingerprint density at radius 3 is 2.18 bits per heavy atom. The molecule has 1 heteroatoms. The second-order valence-electron chi connectivity index (χ2n) is 11.0. The smallest absolute Gasteiger partial charge is 0.0547 e. The lowest BCUT2D eigenvalue weighted by atomic mass is 9.82. The SMILES string of the molecule is CC1(C)c2ccccc2-c2c1ccc1c2c2ccc(-c3ccccc3)cc2n1-c1cccc2ccccc12. The van der Waals surface area contributed by atoms with Crippen molar-refractivity contribution >= 4 is 32.6 Å². The highest BCUT2D eigenvalue weighted by molar-refractivity contribution is 6.19. The van der Waals surface area contributed by atoms with Crippen LogP contribution in [0.4, 0.5) is 0 Å². The van der Waals surface area contributed by atoms with E-state index in [2.05, 4.69) is 146 Å². The average molecular weight is 486 g/mol. The van der Waals surface area contributed by atoms with Gasteiger partial charge in [0.05, 0.1) is 16.7 Å². The molecule has 0 saturated heterocycles. The van der Waals surface area contributed by atoms with Crippen LogP contribution in [0.25, 0.3) is 60.5 Å². The van der Waals surface area contributed by atoms with Crippen LogP contribution in [0, 0.1) is 0 Å². The number of nitrogens with zero attached hydrogens (tertiary/aromatic N) is 1. The molecule has 1 aliphatic rings. The molecule has 0 saturated carbocycles. The Kier molecular flexibility index (Phi) is 4.35. The molecule has 0 radical (unpaired) electrons. The van der Waals surface area contributed by atoms with Crippen molar-refractivity contribution < 1.29 is 0 Å². The molecule has 1 heterocycles. The van der Waals surface area contributed by atoms with Crippen molar-refractivity contribution in [3.63, 3.8) is 0 Å². The van der Waals surface area contributed by atoms with Crippen molar-refractivity contribution in [2.24, 2.45) is 0 Å². The molecule has 0 bridgehead atoms. The molecule has 0 fully saturated rings. The van der Waals surface area contributed by atoms with Gasteiger partial charge in [0, 0.05) is 21.6 Å². The highest BCUT2D eigenvalue weighted by Gasteiger charge is 2.37. The van der Waals surface area contributed by atoms with E-state index in [1.165, 1.54) is 71.6 Å². The third kappa shape index (κ3) is 2.82. The molecule has 1 aromatic heterocycles. The number of hydrogen-bond acceptors (Lipinski definition) is 0. The summed E-state index contributed by atoms with van der Waals surface area (Å²) in [5.74, 6) is 0. The van der Waals surface area contributed by atoms with Crippen LogP contribution in [0.3, 0.4) is 0 Å². The molecule has 0 amide bonds. The van der Waals surface area contributed by atoms with Crippen molar-refractivity contribution in [3.05, 3.63) is 139 Å². The molecule has 38 heavy (non-hydrogen) atoms. The number of rotatable bonds is 2. The Morgan fingerprint density at radius 1 is 0.526 bits per heavy atom. The van der Waals surface area contributed by atoms with E-state index in [4.69, 9.17) is 0 Å². The highest BCUT2D eigenvalue weighted by Crippen LogP contribution is 2.53. The van der Waals surface area contributed by atoms with Gasteiger partial charge in [-0.25, -0.2) is 0 Å². The van der Waals surface area contributed by atoms with Gasteiger partial charge in [0.1, 0.15) is 0 Å². The molecule has 7 aromatic rings. The van der Waals surface area contributed by atoms with Crippen LogP contribution in [0.2, 0.25) is 0 Å². The number of hydrogen-bond donors (Lipinski definition) is 0. The van der Waals surface area contributed by atoms with Crippen LogP contribution in [-0.2, 0) is 5.41 Å². The van der Waals surface area contributed by atoms with Crippen molar-refractivity contribution in [2.45, 2.75) is 19.3 Å². The first kappa shape index (κ1) is 21.5. The van der Waals surface area contributed by atoms with Gasteiger partial charge in [0.2, 0.25) is 0 Å². The normalized spacial score (nSPS) is 13.7.